The minimum atomic E-state index is -0.518. The van der Waals surface area contributed by atoms with Gasteiger partial charge in [-0.15, -0.1) is 0 Å². The van der Waals surface area contributed by atoms with Gasteiger partial charge in [-0.3, -0.25) is 10.1 Å². The smallest absolute Gasteiger partial charge is 0.292 e. The number of hydrogen-bond donors (Lipinski definition) is 1. The molecule has 0 heterocycles. The Balaban J connectivity index is 2.19. The molecular formula is C13H10ClFN2O2. The second-order valence-corrected chi connectivity index (χ2v) is 4.25. The quantitative estimate of drug-likeness (QED) is 0.680. The average Bonchev–Trinajstić information content (AvgIpc) is 2.40. The second kappa shape index (κ2) is 5.67. The molecule has 0 aliphatic rings. The zero-order valence-corrected chi connectivity index (χ0v) is 10.5. The van der Waals surface area contributed by atoms with Gasteiger partial charge in [-0.25, -0.2) is 4.39 Å². The van der Waals surface area contributed by atoms with Crippen LogP contribution in [0.5, 0.6) is 0 Å². The molecule has 0 radical (unpaired) electrons. The van der Waals surface area contributed by atoms with Crippen LogP contribution in [0, 0.1) is 15.9 Å². The van der Waals surface area contributed by atoms with Gasteiger partial charge in [-0.05, 0) is 12.1 Å². The number of nitro groups is 1. The monoisotopic (exact) mass is 280 g/mol. The van der Waals surface area contributed by atoms with Gasteiger partial charge in [0.05, 0.1) is 9.95 Å². The second-order valence-electron chi connectivity index (χ2n) is 3.84. The Morgan fingerprint density at radius 2 is 1.95 bits per heavy atom. The van der Waals surface area contributed by atoms with Crippen molar-refractivity contribution in [2.45, 2.75) is 6.54 Å². The largest absolute Gasteiger partial charge is 0.375 e. The maximum atomic E-state index is 13.7. The summed E-state index contributed by atoms with van der Waals surface area (Å²) >= 11 is 5.67. The molecule has 0 atom stereocenters. The van der Waals surface area contributed by atoms with Crippen LogP contribution < -0.4 is 5.32 Å². The number of nitrogens with zero attached hydrogens (tertiary/aromatic N) is 1. The van der Waals surface area contributed by atoms with Gasteiger partial charge >= 0.3 is 0 Å². The van der Waals surface area contributed by atoms with E-state index in [4.69, 9.17) is 11.6 Å². The Morgan fingerprint density at radius 3 is 2.68 bits per heavy atom. The molecule has 2 rings (SSSR count). The van der Waals surface area contributed by atoms with Crippen molar-refractivity contribution in [3.05, 3.63) is 69.0 Å². The molecule has 0 saturated carbocycles. The highest BCUT2D eigenvalue weighted by atomic mass is 35.5. The van der Waals surface area contributed by atoms with Crippen LogP contribution in [0.15, 0.2) is 42.5 Å². The molecule has 0 aromatic heterocycles. The Bertz CT molecular complexity index is 619. The molecule has 4 nitrogen and oxygen atoms in total. The summed E-state index contributed by atoms with van der Waals surface area (Å²) in [5.41, 5.74) is 0.641. The molecule has 0 spiro atoms. The number of benzene rings is 2. The molecule has 6 heteroatoms. The van der Waals surface area contributed by atoms with Gasteiger partial charge in [0.25, 0.3) is 5.69 Å². The topological polar surface area (TPSA) is 55.2 Å². The zero-order valence-electron chi connectivity index (χ0n) is 9.77. The third-order valence-electron chi connectivity index (χ3n) is 2.60. The summed E-state index contributed by atoms with van der Waals surface area (Å²) in [5.74, 6) is -0.518. The summed E-state index contributed by atoms with van der Waals surface area (Å²) in [6, 6.07) is 10.8. The maximum absolute atomic E-state index is 13.7. The normalized spacial score (nSPS) is 10.2. The number of anilines is 1. The summed E-state index contributed by atoms with van der Waals surface area (Å²) in [6.07, 6.45) is 0. The van der Waals surface area contributed by atoms with Crippen molar-refractivity contribution in [3.63, 3.8) is 0 Å². The van der Waals surface area contributed by atoms with Crippen molar-refractivity contribution in [3.8, 4) is 0 Å². The van der Waals surface area contributed by atoms with Gasteiger partial charge in [0, 0.05) is 18.2 Å². The summed E-state index contributed by atoms with van der Waals surface area (Å²) in [6.45, 7) is 0.122. The fourth-order valence-corrected chi connectivity index (χ4v) is 1.85. The number of halogens is 2. The molecular weight excluding hydrogens is 271 g/mol. The van der Waals surface area contributed by atoms with Crippen LogP contribution in [0.1, 0.15) is 5.56 Å². The standard InChI is InChI=1S/C13H10ClFN2O2/c14-10-5-3-4-9(13(10)15)8-16-11-6-1-2-7-12(11)17(18)19/h1-7,16H,8H2. The first-order valence-corrected chi connectivity index (χ1v) is 5.87. The Kier molecular flexibility index (Phi) is 3.97. The van der Waals surface area contributed by atoms with Crippen molar-refractivity contribution in [1.82, 2.24) is 0 Å². The van der Waals surface area contributed by atoms with E-state index in [0.717, 1.165) is 0 Å². The van der Waals surface area contributed by atoms with E-state index in [2.05, 4.69) is 5.32 Å². The van der Waals surface area contributed by atoms with Crippen LogP contribution in [0.25, 0.3) is 0 Å². The van der Waals surface area contributed by atoms with E-state index < -0.39 is 10.7 Å². The Hall–Kier alpha value is -2.14. The summed E-state index contributed by atoms with van der Waals surface area (Å²) in [4.78, 5) is 10.3. The van der Waals surface area contributed by atoms with E-state index in [1.807, 2.05) is 0 Å². The first kappa shape index (κ1) is 13.3. The Labute approximate surface area is 114 Å². The van der Waals surface area contributed by atoms with Crippen LogP contribution in [0.3, 0.4) is 0 Å². The van der Waals surface area contributed by atoms with Crippen molar-refractivity contribution >= 4 is 23.0 Å². The fourth-order valence-electron chi connectivity index (χ4n) is 1.66. The van der Waals surface area contributed by atoms with Crippen molar-refractivity contribution in [2.75, 3.05) is 5.32 Å². The van der Waals surface area contributed by atoms with Gasteiger partial charge in [-0.2, -0.15) is 0 Å². The highest BCUT2D eigenvalue weighted by molar-refractivity contribution is 6.30. The first-order valence-electron chi connectivity index (χ1n) is 5.50. The SMILES string of the molecule is O=[N+]([O-])c1ccccc1NCc1cccc(Cl)c1F. The molecule has 1 N–H and O–H groups in total. The predicted octanol–water partition coefficient (Wildman–Crippen LogP) is 4.00. The molecule has 0 aliphatic heterocycles. The van der Waals surface area contributed by atoms with Gasteiger partial charge < -0.3 is 5.32 Å². The minimum absolute atomic E-state index is 0.0295. The van der Waals surface area contributed by atoms with Crippen LogP contribution in [-0.4, -0.2) is 4.92 Å². The lowest BCUT2D eigenvalue weighted by Crippen LogP contribution is -2.04. The third kappa shape index (κ3) is 3.00. The third-order valence-corrected chi connectivity index (χ3v) is 2.89. The summed E-state index contributed by atoms with van der Waals surface area (Å²) < 4.78 is 13.7. The van der Waals surface area contributed by atoms with Crippen molar-refractivity contribution < 1.29 is 9.31 Å². The molecule has 0 aliphatic carbocycles. The Morgan fingerprint density at radius 1 is 1.21 bits per heavy atom. The van der Waals surface area contributed by atoms with Gasteiger partial charge in [0.1, 0.15) is 11.5 Å². The van der Waals surface area contributed by atoms with E-state index in [0.29, 0.717) is 11.3 Å². The van der Waals surface area contributed by atoms with Gasteiger partial charge in [0.15, 0.2) is 0 Å². The summed E-state index contributed by atoms with van der Waals surface area (Å²) in [5, 5.41) is 13.7. The summed E-state index contributed by atoms with van der Waals surface area (Å²) in [7, 11) is 0. The number of hydrogen-bond acceptors (Lipinski definition) is 3. The number of para-hydroxylation sites is 2. The molecule has 0 bridgehead atoms. The number of nitrogens with one attached hydrogen (secondary N) is 1. The van der Waals surface area contributed by atoms with E-state index in [9.17, 15) is 14.5 Å². The molecule has 0 unspecified atom stereocenters. The lowest BCUT2D eigenvalue weighted by atomic mass is 10.2. The highest BCUT2D eigenvalue weighted by Gasteiger charge is 2.13. The van der Waals surface area contributed by atoms with Crippen molar-refractivity contribution in [1.29, 1.82) is 0 Å². The van der Waals surface area contributed by atoms with Crippen LogP contribution in [0.2, 0.25) is 5.02 Å². The lowest BCUT2D eigenvalue weighted by molar-refractivity contribution is -0.384. The molecule has 0 saturated heterocycles. The van der Waals surface area contributed by atoms with E-state index in [-0.39, 0.29) is 17.3 Å². The fraction of sp³-hybridized carbons (Fsp3) is 0.0769. The van der Waals surface area contributed by atoms with Gasteiger partial charge in [-0.1, -0.05) is 35.9 Å². The minimum Gasteiger partial charge on any atom is -0.375 e. The van der Waals surface area contributed by atoms with E-state index >= 15 is 0 Å². The molecule has 2 aromatic carbocycles. The van der Waals surface area contributed by atoms with Crippen molar-refractivity contribution in [2.24, 2.45) is 0 Å². The molecule has 0 amide bonds. The van der Waals surface area contributed by atoms with Crippen LogP contribution in [-0.2, 0) is 6.54 Å². The maximum Gasteiger partial charge on any atom is 0.292 e. The molecule has 98 valence electrons. The van der Waals surface area contributed by atoms with Crippen LogP contribution in [0.4, 0.5) is 15.8 Å². The van der Waals surface area contributed by atoms with E-state index in [1.165, 1.54) is 12.1 Å². The molecule has 19 heavy (non-hydrogen) atoms. The molecule has 0 fully saturated rings. The average molecular weight is 281 g/mol. The highest BCUT2D eigenvalue weighted by Crippen LogP contribution is 2.25. The van der Waals surface area contributed by atoms with E-state index in [1.54, 1.807) is 30.3 Å². The zero-order chi connectivity index (χ0) is 13.8. The van der Waals surface area contributed by atoms with Crippen LogP contribution >= 0.6 is 11.6 Å². The predicted molar refractivity (Wildman–Crippen MR) is 71.8 cm³/mol. The lowest BCUT2D eigenvalue weighted by Gasteiger charge is -2.08. The molecule has 2 aromatic rings. The first-order chi connectivity index (χ1) is 9.09. The number of nitro benzene ring substituents is 1. The number of rotatable bonds is 4. The van der Waals surface area contributed by atoms with Gasteiger partial charge in [0.2, 0.25) is 0 Å².